The second-order valence-corrected chi connectivity index (χ2v) is 4.55. The van der Waals surface area contributed by atoms with Gasteiger partial charge >= 0.3 is 0 Å². The van der Waals surface area contributed by atoms with Crippen molar-refractivity contribution in [3.05, 3.63) is 64.5 Å². The molecule has 1 N–H and O–H groups in total. The van der Waals surface area contributed by atoms with Gasteiger partial charge in [-0.1, -0.05) is 6.07 Å². The van der Waals surface area contributed by atoms with E-state index in [4.69, 9.17) is 5.41 Å². The van der Waals surface area contributed by atoms with Gasteiger partial charge in [0.1, 0.15) is 17.3 Å². The maximum atomic E-state index is 13.8. The number of nitrogens with one attached hydrogen (secondary N) is 1. The average Bonchev–Trinajstić information content (AvgIpc) is 2.75. The molecular weight excluding hydrogens is 291 g/mol. The van der Waals surface area contributed by atoms with Crippen LogP contribution in [0.5, 0.6) is 0 Å². The van der Waals surface area contributed by atoms with Gasteiger partial charge in [0.05, 0.1) is 6.54 Å². The zero-order valence-electron chi connectivity index (χ0n) is 10.4. The molecular formula is C14H7F5N2. The third-order valence-corrected chi connectivity index (χ3v) is 3.28. The SMILES string of the molecule is N=C1c2cc(F)ccc2CN1c1c(F)c(F)cc(F)c1F. The van der Waals surface area contributed by atoms with Gasteiger partial charge in [-0.3, -0.25) is 5.41 Å². The smallest absolute Gasteiger partial charge is 0.185 e. The molecule has 0 unspecified atom stereocenters. The van der Waals surface area contributed by atoms with Gasteiger partial charge in [-0.25, -0.2) is 22.0 Å². The molecule has 21 heavy (non-hydrogen) atoms. The van der Waals surface area contributed by atoms with E-state index in [2.05, 4.69) is 0 Å². The van der Waals surface area contributed by atoms with Crippen LogP contribution < -0.4 is 4.90 Å². The summed E-state index contributed by atoms with van der Waals surface area (Å²) in [6.45, 7) is -0.175. The molecule has 0 saturated heterocycles. The molecule has 0 aromatic heterocycles. The third-order valence-electron chi connectivity index (χ3n) is 3.28. The summed E-state index contributed by atoms with van der Waals surface area (Å²) in [5.74, 6) is -7.34. The number of rotatable bonds is 1. The molecule has 0 aliphatic carbocycles. The lowest BCUT2D eigenvalue weighted by atomic mass is 10.1. The lowest BCUT2D eigenvalue weighted by Gasteiger charge is -2.19. The molecule has 3 rings (SSSR count). The standard InChI is InChI=1S/C14H7F5N2/c15-7-2-1-6-5-21(14(20)8(6)3-7)13-11(18)9(16)4-10(17)12(13)19/h1-4,20H,5H2. The number of amidine groups is 1. The first-order valence-corrected chi connectivity index (χ1v) is 5.88. The molecule has 2 nitrogen and oxygen atoms in total. The van der Waals surface area contributed by atoms with Crippen LogP contribution in [0.25, 0.3) is 0 Å². The first-order valence-electron chi connectivity index (χ1n) is 5.88. The Morgan fingerprint density at radius 3 is 2.14 bits per heavy atom. The van der Waals surface area contributed by atoms with Crippen LogP contribution >= 0.6 is 0 Å². The van der Waals surface area contributed by atoms with Gasteiger partial charge in [0.15, 0.2) is 23.3 Å². The number of fused-ring (bicyclic) bond motifs is 1. The first-order chi connectivity index (χ1) is 9.90. The Bertz CT molecular complexity index is 746. The summed E-state index contributed by atoms with van der Waals surface area (Å²) < 4.78 is 67.2. The number of benzene rings is 2. The molecule has 2 aromatic rings. The molecule has 108 valence electrons. The summed E-state index contributed by atoms with van der Waals surface area (Å²) in [6.07, 6.45) is 0. The van der Waals surface area contributed by atoms with Gasteiger partial charge in [0, 0.05) is 11.6 Å². The maximum absolute atomic E-state index is 13.8. The van der Waals surface area contributed by atoms with Crippen molar-refractivity contribution in [1.82, 2.24) is 0 Å². The van der Waals surface area contributed by atoms with E-state index in [9.17, 15) is 22.0 Å². The highest BCUT2D eigenvalue weighted by molar-refractivity contribution is 6.11. The summed E-state index contributed by atoms with van der Waals surface area (Å²) in [5.41, 5.74) is -0.433. The number of hydrogen-bond donors (Lipinski definition) is 1. The normalized spacial score (nSPS) is 13.8. The van der Waals surface area contributed by atoms with E-state index in [0.717, 1.165) is 17.0 Å². The Morgan fingerprint density at radius 1 is 0.905 bits per heavy atom. The van der Waals surface area contributed by atoms with Gasteiger partial charge in [-0.15, -0.1) is 0 Å². The Kier molecular flexibility index (Phi) is 2.93. The van der Waals surface area contributed by atoms with E-state index in [1.54, 1.807) is 0 Å². The summed E-state index contributed by atoms with van der Waals surface area (Å²) in [4.78, 5) is 0.765. The molecule has 1 heterocycles. The van der Waals surface area contributed by atoms with Crippen LogP contribution in [0.2, 0.25) is 0 Å². The minimum Gasteiger partial charge on any atom is -0.317 e. The lowest BCUT2D eigenvalue weighted by Crippen LogP contribution is -2.26. The van der Waals surface area contributed by atoms with Crippen LogP contribution in [-0.2, 0) is 6.54 Å². The van der Waals surface area contributed by atoms with Crippen LogP contribution in [0.1, 0.15) is 11.1 Å². The van der Waals surface area contributed by atoms with Gasteiger partial charge in [0.2, 0.25) is 0 Å². The zero-order valence-corrected chi connectivity index (χ0v) is 10.4. The highest BCUT2D eigenvalue weighted by atomic mass is 19.2. The number of nitrogens with zero attached hydrogens (tertiary/aromatic N) is 1. The summed E-state index contributed by atoms with van der Waals surface area (Å²) in [7, 11) is 0. The van der Waals surface area contributed by atoms with Crippen molar-refractivity contribution in [2.75, 3.05) is 4.90 Å². The second kappa shape index (κ2) is 4.54. The molecule has 1 aliphatic rings. The molecule has 0 radical (unpaired) electrons. The molecule has 0 fully saturated rings. The molecule has 2 aromatic carbocycles. The molecule has 0 bridgehead atoms. The maximum Gasteiger partial charge on any atom is 0.185 e. The Labute approximate surface area is 115 Å². The van der Waals surface area contributed by atoms with E-state index in [-0.39, 0.29) is 18.2 Å². The fourth-order valence-corrected chi connectivity index (χ4v) is 2.29. The van der Waals surface area contributed by atoms with Crippen LogP contribution in [0.4, 0.5) is 27.6 Å². The zero-order chi connectivity index (χ0) is 15.3. The van der Waals surface area contributed by atoms with Gasteiger partial charge in [-0.05, 0) is 17.7 Å². The molecule has 1 aliphatic heterocycles. The predicted octanol–water partition coefficient (Wildman–Crippen LogP) is 3.73. The summed E-state index contributed by atoms with van der Waals surface area (Å²) in [5, 5.41) is 7.84. The van der Waals surface area contributed by atoms with Crippen molar-refractivity contribution in [3.8, 4) is 0 Å². The van der Waals surface area contributed by atoms with E-state index in [0.29, 0.717) is 5.56 Å². The van der Waals surface area contributed by atoms with Crippen LogP contribution in [0.3, 0.4) is 0 Å². The van der Waals surface area contributed by atoms with E-state index in [1.807, 2.05) is 0 Å². The predicted molar refractivity (Wildman–Crippen MR) is 65.7 cm³/mol. The average molecular weight is 298 g/mol. The molecule has 0 saturated carbocycles. The lowest BCUT2D eigenvalue weighted by molar-refractivity contribution is 0.455. The third kappa shape index (κ3) is 1.96. The highest BCUT2D eigenvalue weighted by Gasteiger charge is 2.32. The topological polar surface area (TPSA) is 27.1 Å². The van der Waals surface area contributed by atoms with Crippen molar-refractivity contribution < 1.29 is 22.0 Å². The quantitative estimate of drug-likeness (QED) is 0.630. The molecule has 0 amide bonds. The van der Waals surface area contributed by atoms with Crippen LogP contribution in [0, 0.1) is 34.5 Å². The van der Waals surface area contributed by atoms with Gasteiger partial charge < -0.3 is 4.90 Å². The van der Waals surface area contributed by atoms with Gasteiger partial charge in [-0.2, -0.15) is 0 Å². The van der Waals surface area contributed by atoms with Gasteiger partial charge in [0.25, 0.3) is 0 Å². The largest absolute Gasteiger partial charge is 0.317 e. The Balaban J connectivity index is 2.15. The first kappa shape index (κ1) is 13.5. The van der Waals surface area contributed by atoms with Crippen molar-refractivity contribution in [3.63, 3.8) is 0 Å². The fraction of sp³-hybridized carbons (Fsp3) is 0.0714. The Hall–Kier alpha value is -2.44. The van der Waals surface area contributed by atoms with Crippen molar-refractivity contribution in [2.45, 2.75) is 6.54 Å². The van der Waals surface area contributed by atoms with E-state index in [1.165, 1.54) is 6.07 Å². The summed E-state index contributed by atoms with van der Waals surface area (Å²) >= 11 is 0. The Morgan fingerprint density at radius 2 is 1.52 bits per heavy atom. The van der Waals surface area contributed by atoms with Crippen LogP contribution in [-0.4, -0.2) is 5.84 Å². The molecule has 0 atom stereocenters. The minimum absolute atomic E-state index is 0.0979. The minimum atomic E-state index is -1.59. The van der Waals surface area contributed by atoms with Crippen molar-refractivity contribution in [1.29, 1.82) is 5.41 Å². The monoisotopic (exact) mass is 298 g/mol. The second-order valence-electron chi connectivity index (χ2n) is 4.55. The number of hydrogen-bond acceptors (Lipinski definition) is 1. The summed E-state index contributed by atoms with van der Waals surface area (Å²) in [6, 6.07) is 3.61. The highest BCUT2D eigenvalue weighted by Crippen LogP contribution is 2.34. The molecule has 7 heteroatoms. The van der Waals surface area contributed by atoms with Crippen molar-refractivity contribution in [2.24, 2.45) is 0 Å². The van der Waals surface area contributed by atoms with Crippen LogP contribution in [0.15, 0.2) is 24.3 Å². The van der Waals surface area contributed by atoms with Crippen molar-refractivity contribution >= 4 is 11.5 Å². The fourth-order valence-electron chi connectivity index (χ4n) is 2.29. The number of halogens is 5. The number of anilines is 1. The van der Waals surface area contributed by atoms with E-state index >= 15 is 0 Å². The molecule has 0 spiro atoms. The van der Waals surface area contributed by atoms with E-state index < -0.39 is 40.6 Å².